The Morgan fingerprint density at radius 2 is 1.73 bits per heavy atom. The molecule has 1 aliphatic carbocycles. The molecule has 6 aliphatic heterocycles. The van der Waals surface area contributed by atoms with Gasteiger partial charge in [0.1, 0.15) is 17.6 Å². The lowest BCUT2D eigenvalue weighted by molar-refractivity contribution is -0.136. The van der Waals surface area contributed by atoms with Crippen molar-refractivity contribution in [3.63, 3.8) is 0 Å². The summed E-state index contributed by atoms with van der Waals surface area (Å²) in [6.45, 7) is 5.11. The minimum absolute atomic E-state index is 0.210. The molecule has 1 aromatic heterocycles. The SMILES string of the molecule is O=C1CCC(N2Cc3c(ccc4c3OCC43CCN(C(=O)OCCCN4CCC(c5ccc6c(c5)C5(CCCCC5)c5nc(=O)c7c(Cl)cccc7n5-6)CC4)CC3)C2=O)C(=O)N1. The predicted octanol–water partition coefficient (Wildman–Crippen LogP) is 6.50. The molecular weight excluding hydrogens is 808 g/mol. The fraction of sp³-hybridized carbons (Fsp3) is 0.500. The minimum atomic E-state index is -0.673. The largest absolute Gasteiger partial charge is 0.492 e. The van der Waals surface area contributed by atoms with Gasteiger partial charge in [0.2, 0.25) is 11.8 Å². The number of aromatic nitrogens is 2. The highest BCUT2D eigenvalue weighted by molar-refractivity contribution is 6.35. The molecule has 3 saturated heterocycles. The van der Waals surface area contributed by atoms with Crippen LogP contribution >= 0.6 is 11.6 Å². The number of rotatable bonds is 6. The van der Waals surface area contributed by atoms with Crippen LogP contribution < -0.4 is 15.6 Å². The van der Waals surface area contributed by atoms with Crippen molar-refractivity contribution in [3.05, 3.63) is 97.5 Å². The molecule has 0 bridgehead atoms. The van der Waals surface area contributed by atoms with Gasteiger partial charge in [-0.25, -0.2) is 4.79 Å². The summed E-state index contributed by atoms with van der Waals surface area (Å²) in [4.78, 5) is 74.8. The second-order valence-corrected chi connectivity index (χ2v) is 19.0. The van der Waals surface area contributed by atoms with Crippen LogP contribution in [0.25, 0.3) is 16.6 Å². The van der Waals surface area contributed by atoms with E-state index in [1.165, 1.54) is 17.5 Å². The summed E-state index contributed by atoms with van der Waals surface area (Å²) in [5.74, 6) is 1.11. The molecule has 13 nitrogen and oxygen atoms in total. The highest BCUT2D eigenvalue weighted by atomic mass is 35.5. The van der Waals surface area contributed by atoms with Gasteiger partial charge >= 0.3 is 6.09 Å². The van der Waals surface area contributed by atoms with Gasteiger partial charge in [0.15, 0.2) is 0 Å². The molecule has 7 aliphatic rings. The van der Waals surface area contributed by atoms with Crippen LogP contribution in [-0.4, -0.2) is 100 Å². The summed E-state index contributed by atoms with van der Waals surface area (Å²) < 4.78 is 14.3. The number of carbonyl (C=O) groups excluding carboxylic acids is 4. The maximum absolute atomic E-state index is 13.4. The molecule has 1 atom stereocenters. The Hall–Kier alpha value is -5.27. The number of nitrogens with zero attached hydrogens (tertiary/aromatic N) is 5. The van der Waals surface area contributed by atoms with Gasteiger partial charge in [0, 0.05) is 48.2 Å². The van der Waals surface area contributed by atoms with Crippen LogP contribution in [0.1, 0.15) is 121 Å². The Morgan fingerprint density at radius 1 is 0.919 bits per heavy atom. The number of ether oxygens (including phenoxy) is 2. The average Bonchev–Trinajstić information content (AvgIpc) is 3.90. The first-order chi connectivity index (χ1) is 30.1. The number of likely N-dealkylation sites (tertiary alicyclic amines) is 2. The first-order valence-electron chi connectivity index (χ1n) is 22.6. The van der Waals surface area contributed by atoms with Crippen LogP contribution in [0.3, 0.4) is 0 Å². The number of piperidine rings is 3. The monoisotopic (exact) mass is 858 g/mol. The second-order valence-electron chi connectivity index (χ2n) is 18.6. The number of fused-ring (bicyclic) bond motifs is 11. The van der Waals surface area contributed by atoms with E-state index in [0.29, 0.717) is 54.6 Å². The van der Waals surface area contributed by atoms with Gasteiger partial charge in [-0.2, -0.15) is 4.98 Å². The third kappa shape index (κ3) is 6.27. The van der Waals surface area contributed by atoms with Crippen LogP contribution in [0.15, 0.2) is 53.3 Å². The minimum Gasteiger partial charge on any atom is -0.492 e. The number of amides is 4. The zero-order valence-corrected chi connectivity index (χ0v) is 35.6. The number of benzene rings is 3. The molecule has 3 aromatic carbocycles. The van der Waals surface area contributed by atoms with Crippen molar-refractivity contribution in [1.29, 1.82) is 0 Å². The summed E-state index contributed by atoms with van der Waals surface area (Å²) >= 11 is 6.56. The van der Waals surface area contributed by atoms with E-state index in [2.05, 4.69) is 33.0 Å². The van der Waals surface area contributed by atoms with Gasteiger partial charge in [-0.05, 0) is 106 Å². The quantitative estimate of drug-likeness (QED) is 0.170. The van der Waals surface area contributed by atoms with Crippen molar-refractivity contribution in [2.24, 2.45) is 0 Å². The average molecular weight is 859 g/mol. The molecular formula is C48H51ClN6O7. The zero-order chi connectivity index (χ0) is 42.3. The topological polar surface area (TPSA) is 143 Å². The summed E-state index contributed by atoms with van der Waals surface area (Å²) in [5.41, 5.74) is 6.32. The Bertz CT molecular complexity index is 2600. The molecule has 4 fully saturated rings. The molecule has 4 amide bonds. The van der Waals surface area contributed by atoms with E-state index in [9.17, 15) is 24.0 Å². The van der Waals surface area contributed by atoms with Gasteiger partial charge in [-0.1, -0.05) is 55.1 Å². The van der Waals surface area contributed by atoms with Crippen LogP contribution in [0.4, 0.5) is 4.79 Å². The van der Waals surface area contributed by atoms with Crippen LogP contribution in [0.2, 0.25) is 5.02 Å². The van der Waals surface area contributed by atoms with Crippen molar-refractivity contribution >= 4 is 46.3 Å². The Labute approximate surface area is 364 Å². The zero-order valence-electron chi connectivity index (χ0n) is 34.9. The van der Waals surface area contributed by atoms with E-state index in [0.717, 1.165) is 111 Å². The van der Waals surface area contributed by atoms with E-state index in [1.807, 2.05) is 24.3 Å². The molecule has 322 valence electrons. The van der Waals surface area contributed by atoms with Crippen molar-refractivity contribution in [3.8, 4) is 11.4 Å². The third-order valence-corrected chi connectivity index (χ3v) is 15.7. The Morgan fingerprint density at radius 3 is 2.52 bits per heavy atom. The number of imide groups is 1. The standard InChI is InChI=1S/C48H51ClN6O7/c49-35-6-4-7-37-40(35)43(58)51-45-48(16-2-1-3-17-48)34-26-30(8-11-36(34)55(37)45)29-14-21-52(22-15-29)20-5-25-61-46(60)53-23-18-47(19-24-53)28-62-41-32-27-54(38-12-13-39(56)50-42(38)57)44(59)31(32)9-10-33(41)47/h4,6-11,26,29,38H,1-3,5,12-25,27-28H2,(H,50,56,57). The van der Waals surface area contributed by atoms with Gasteiger partial charge in [-0.15, -0.1) is 0 Å². The predicted molar refractivity (Wildman–Crippen MR) is 231 cm³/mol. The number of halogens is 1. The maximum Gasteiger partial charge on any atom is 0.409 e. The van der Waals surface area contributed by atoms with Crippen LogP contribution in [-0.2, 0) is 31.7 Å². The molecule has 2 spiro atoms. The third-order valence-electron chi connectivity index (χ3n) is 15.4. The van der Waals surface area contributed by atoms with Gasteiger partial charge in [0.05, 0.1) is 46.8 Å². The maximum atomic E-state index is 13.4. The number of nitrogens with one attached hydrogen (secondary N) is 1. The lowest BCUT2D eigenvalue weighted by Crippen LogP contribution is -2.52. The normalized spacial score (nSPS) is 22.7. The van der Waals surface area contributed by atoms with Crippen molar-refractivity contribution in [2.45, 2.75) is 106 Å². The molecule has 4 aromatic rings. The lowest BCUT2D eigenvalue weighted by Gasteiger charge is -2.38. The van der Waals surface area contributed by atoms with E-state index in [-0.39, 0.29) is 47.3 Å². The van der Waals surface area contributed by atoms with Gasteiger partial charge in [-0.3, -0.25) is 29.1 Å². The highest BCUT2D eigenvalue weighted by Crippen LogP contribution is 2.53. The van der Waals surface area contributed by atoms with Gasteiger partial charge < -0.3 is 24.2 Å². The molecule has 14 heteroatoms. The van der Waals surface area contributed by atoms with Crippen molar-refractivity contribution in [1.82, 2.24) is 29.6 Å². The van der Waals surface area contributed by atoms with E-state index < -0.39 is 11.9 Å². The van der Waals surface area contributed by atoms with E-state index in [1.54, 1.807) is 15.9 Å². The fourth-order valence-electron chi connectivity index (χ4n) is 12.0. The van der Waals surface area contributed by atoms with Crippen LogP contribution in [0.5, 0.6) is 5.75 Å². The molecule has 1 saturated carbocycles. The Balaban J connectivity index is 0.673. The number of hydrogen-bond acceptors (Lipinski definition) is 9. The highest BCUT2D eigenvalue weighted by Gasteiger charge is 2.49. The fourth-order valence-corrected chi connectivity index (χ4v) is 12.2. The Kier molecular flexibility index (Phi) is 9.71. The van der Waals surface area contributed by atoms with E-state index >= 15 is 0 Å². The van der Waals surface area contributed by atoms with Crippen molar-refractivity contribution < 1.29 is 28.7 Å². The van der Waals surface area contributed by atoms with Crippen molar-refractivity contribution in [2.75, 3.05) is 45.9 Å². The molecule has 62 heavy (non-hydrogen) atoms. The summed E-state index contributed by atoms with van der Waals surface area (Å²) in [7, 11) is 0. The number of carbonyl (C=O) groups is 4. The smallest absolute Gasteiger partial charge is 0.409 e. The molecule has 1 unspecified atom stereocenters. The molecule has 0 radical (unpaired) electrons. The summed E-state index contributed by atoms with van der Waals surface area (Å²) in [5, 5.41) is 3.30. The summed E-state index contributed by atoms with van der Waals surface area (Å²) in [6, 6.07) is 15.8. The van der Waals surface area contributed by atoms with Gasteiger partial charge in [0.25, 0.3) is 11.5 Å². The van der Waals surface area contributed by atoms with E-state index in [4.69, 9.17) is 26.1 Å². The van der Waals surface area contributed by atoms with Crippen LogP contribution in [0, 0.1) is 0 Å². The first-order valence-corrected chi connectivity index (χ1v) is 23.0. The molecule has 7 heterocycles. The second kappa shape index (κ2) is 15.2. The first kappa shape index (κ1) is 39.6. The molecule has 11 rings (SSSR count). The number of hydrogen-bond donors (Lipinski definition) is 1. The lowest BCUT2D eigenvalue weighted by atomic mass is 9.69. The molecule has 1 N–H and O–H groups in total. The summed E-state index contributed by atoms with van der Waals surface area (Å²) in [6.07, 6.45) is 10.0.